The summed E-state index contributed by atoms with van der Waals surface area (Å²) in [6.07, 6.45) is 13.8. The van der Waals surface area contributed by atoms with Gasteiger partial charge in [-0.15, -0.1) is 0 Å². The van der Waals surface area contributed by atoms with Crippen LogP contribution in [0.15, 0.2) is 85.8 Å². The largest absolute Gasteiger partial charge is 1.00 e. The molecule has 0 saturated carbocycles. The number of rotatable bonds is 27. The van der Waals surface area contributed by atoms with Gasteiger partial charge in [0.05, 0.1) is 79.9 Å². The molecule has 0 fully saturated rings. The Balaban J connectivity index is 0.000000350. The van der Waals surface area contributed by atoms with Crippen LogP contribution in [0.2, 0.25) is 0 Å². The van der Waals surface area contributed by atoms with Gasteiger partial charge < -0.3 is 60.7 Å². The molecule has 3 N–H and O–H groups in total. The van der Waals surface area contributed by atoms with Crippen molar-refractivity contribution in [2.75, 3.05) is 96.0 Å². The predicted octanol–water partition coefficient (Wildman–Crippen LogP) is 0.135. The molecule has 0 saturated heterocycles. The molecule has 0 atom stereocenters. The topological polar surface area (TPSA) is 203 Å². The van der Waals surface area contributed by atoms with Crippen LogP contribution >= 0.6 is 0 Å². The van der Waals surface area contributed by atoms with Crippen molar-refractivity contribution in [3.63, 3.8) is 0 Å². The Hall–Kier alpha value is -2.41. The van der Waals surface area contributed by atoms with E-state index in [0.29, 0.717) is 46.2 Å². The van der Waals surface area contributed by atoms with Crippen molar-refractivity contribution >= 4 is 14.2 Å². The third kappa shape index (κ3) is 19.0. The smallest absolute Gasteiger partial charge is 0.420 e. The second kappa shape index (κ2) is 31.3. The van der Waals surface area contributed by atoms with Gasteiger partial charge in [-0.1, -0.05) is 69.2 Å². The number of H-pyrrole nitrogens is 3. The number of hydrogen-bond donors (Lipinski definition) is 1. The van der Waals surface area contributed by atoms with E-state index in [1.807, 2.05) is 95.1 Å². The molecule has 25 heteroatoms. The Labute approximate surface area is 568 Å². The summed E-state index contributed by atoms with van der Waals surface area (Å²) in [6, 6.07) is 14.3. The van der Waals surface area contributed by atoms with E-state index >= 15 is 0 Å². The van der Waals surface area contributed by atoms with Crippen LogP contribution in [0.1, 0.15) is 137 Å². The molecule has 0 spiro atoms. The molecule has 0 aromatic carbocycles. The number of ether oxygens (including phenoxy) is 7. The summed E-state index contributed by atoms with van der Waals surface area (Å²) in [5.41, 5.74) is 5.90. The first-order valence-corrected chi connectivity index (χ1v) is 26.9. The number of aromatic nitrogens is 14. The van der Waals surface area contributed by atoms with Gasteiger partial charge in [-0.3, -0.25) is 5.10 Å². The fraction of sp³-hybridized carbons (Fsp3) is 0.625. The normalized spacial score (nSPS) is 12.7. The SMILES string of the molecule is COCC(C)(C)c1ccn([B-](n2ccc(C(C)(C)COC)n2)n2ccc(C(C)(C)COC)[nH+]2)n1.COCC(C)(C)c1ccn([B-](n2ccc(C(C)(C)COC)n2)n2ccc(C(C)(C)COC)[nH+]2)n1.COCC(C)(C)c1ccn[nH]1.[K+].[K+]. The molecule has 21 nitrogen and oxygen atoms in total. The average molecular weight is 1180 g/mol. The Morgan fingerprint density at radius 1 is 0.370 bits per heavy atom. The molecule has 7 heterocycles. The number of methoxy groups -OCH3 is 7. The Morgan fingerprint density at radius 3 is 0.877 bits per heavy atom. The molecule has 0 aliphatic heterocycles. The summed E-state index contributed by atoms with van der Waals surface area (Å²) >= 11 is 0. The quantitative estimate of drug-likeness (QED) is 0.0684. The average Bonchev–Trinajstić information content (AvgIpc) is 4.26. The first-order valence-electron chi connectivity index (χ1n) is 26.9. The molecule has 2 radical (unpaired) electrons. The van der Waals surface area contributed by atoms with E-state index in [1.54, 1.807) is 56.0 Å². The summed E-state index contributed by atoms with van der Waals surface area (Å²) in [5.74, 6) is 0. The molecule has 0 aliphatic carbocycles. The second-order valence-electron chi connectivity index (χ2n) is 25.1. The predicted molar refractivity (Wildman–Crippen MR) is 308 cm³/mol. The van der Waals surface area contributed by atoms with E-state index in [2.05, 4.69) is 129 Å². The first-order chi connectivity index (χ1) is 37.1. The zero-order valence-electron chi connectivity index (χ0n) is 53.5. The number of hydrogen-bond acceptors (Lipinski definition) is 12. The van der Waals surface area contributed by atoms with Gasteiger partial charge in [0.25, 0.3) is 0 Å². The Morgan fingerprint density at radius 2 is 0.630 bits per heavy atom. The summed E-state index contributed by atoms with van der Waals surface area (Å²) in [5, 5.41) is 33.7. The fourth-order valence-electron chi connectivity index (χ4n) is 9.51. The maximum Gasteiger partial charge on any atom is 1.00 e. The van der Waals surface area contributed by atoms with Gasteiger partial charge in [0.15, 0.2) is 0 Å². The molecule has 0 aliphatic rings. The van der Waals surface area contributed by atoms with E-state index in [0.717, 1.165) is 39.9 Å². The Kier molecular flexibility index (Phi) is 28.2. The van der Waals surface area contributed by atoms with Gasteiger partial charge in [0.2, 0.25) is 11.4 Å². The van der Waals surface area contributed by atoms with Crippen molar-refractivity contribution in [1.82, 2.24) is 58.1 Å². The maximum absolute atomic E-state index is 5.44. The van der Waals surface area contributed by atoms with Crippen molar-refractivity contribution in [1.29, 1.82) is 0 Å². The van der Waals surface area contributed by atoms with Gasteiger partial charge in [-0.05, 0) is 82.8 Å². The van der Waals surface area contributed by atoms with Crippen molar-refractivity contribution < 1.29 is 146 Å². The van der Waals surface area contributed by atoms with Crippen molar-refractivity contribution in [2.45, 2.75) is 135 Å². The summed E-state index contributed by atoms with van der Waals surface area (Å²) in [4.78, 5) is 0. The standard InChI is InChI=1S/2C24H39BN6O3.C8H14N2O.2K/c2*1-22(2,16-32-7)19-10-13-29(26-19)25(30-14-11-20(27-30)23(3,4)17-33-8)31-15-12-21(28-31)24(5,6)18-34-9;1-8(2,6-11-3)7-4-5-9-10-7;;/h2*10-15H,16-18H2,1-9H3;4-5H,6H2,1-3H3,(H,9,10);;/q2*-1;;2*+1/p+2. The van der Waals surface area contributed by atoms with Crippen LogP contribution in [0.5, 0.6) is 0 Å². The van der Waals surface area contributed by atoms with Gasteiger partial charge in [0.1, 0.15) is 0 Å². The van der Waals surface area contributed by atoms with E-state index < -0.39 is 0 Å². The van der Waals surface area contributed by atoms with Crippen LogP contribution in [-0.2, 0) is 71.1 Å². The maximum atomic E-state index is 5.44. The number of nitrogens with one attached hydrogen (secondary N) is 3. The molecular formula is C56H94B2K2N14O7+2. The van der Waals surface area contributed by atoms with Gasteiger partial charge in [0, 0.05) is 113 Å². The van der Waals surface area contributed by atoms with Crippen LogP contribution in [0, 0.1) is 0 Å². The summed E-state index contributed by atoms with van der Waals surface area (Å²) < 4.78 is 49.4. The first kappa shape index (κ1) is 72.9. The molecule has 0 amide bonds. The summed E-state index contributed by atoms with van der Waals surface area (Å²) in [7, 11) is 11.3. The summed E-state index contributed by atoms with van der Waals surface area (Å²) in [6.45, 7) is 34.1. The van der Waals surface area contributed by atoms with Gasteiger partial charge in [-0.25, -0.2) is 20.4 Å². The van der Waals surface area contributed by atoms with Gasteiger partial charge >= 0.3 is 117 Å². The minimum Gasteiger partial charge on any atom is -0.420 e. The molecule has 7 aromatic heterocycles. The Bertz CT molecular complexity index is 2470. The third-order valence-corrected chi connectivity index (χ3v) is 14.2. The van der Waals surface area contributed by atoms with Gasteiger partial charge in [-0.2, -0.15) is 15.3 Å². The molecule has 0 bridgehead atoms. The molecule has 0 unspecified atom stereocenters. The van der Waals surface area contributed by atoms with Crippen LogP contribution in [0.25, 0.3) is 0 Å². The molecule has 81 heavy (non-hydrogen) atoms. The van der Waals surface area contributed by atoms with Crippen LogP contribution in [0.4, 0.5) is 0 Å². The minimum atomic E-state index is -0.355. The third-order valence-electron chi connectivity index (χ3n) is 14.2. The van der Waals surface area contributed by atoms with Crippen molar-refractivity contribution in [3.05, 3.63) is 126 Å². The van der Waals surface area contributed by atoms with E-state index in [-0.39, 0.29) is 155 Å². The number of aromatic amines is 3. The minimum absolute atomic E-state index is 0. The van der Waals surface area contributed by atoms with E-state index in [4.69, 9.17) is 53.6 Å². The zero-order chi connectivity index (χ0) is 58.6. The zero-order valence-corrected chi connectivity index (χ0v) is 59.7. The van der Waals surface area contributed by atoms with Crippen LogP contribution in [-0.4, -0.2) is 168 Å². The molecule has 7 aromatic rings. The number of nitrogens with zero attached hydrogens (tertiary/aromatic N) is 11. The molecule has 436 valence electrons. The van der Waals surface area contributed by atoms with Crippen LogP contribution in [0.3, 0.4) is 0 Å². The monoisotopic (exact) mass is 1170 g/mol. The fourth-order valence-corrected chi connectivity index (χ4v) is 9.51. The van der Waals surface area contributed by atoms with Crippen molar-refractivity contribution in [3.8, 4) is 0 Å². The van der Waals surface area contributed by atoms with E-state index in [9.17, 15) is 0 Å². The second-order valence-corrected chi connectivity index (χ2v) is 25.1. The molecular weight excluding hydrogens is 1080 g/mol. The molecule has 7 rings (SSSR count). The van der Waals surface area contributed by atoms with Crippen molar-refractivity contribution in [2.24, 2.45) is 0 Å². The van der Waals surface area contributed by atoms with Crippen LogP contribution < -0.4 is 113 Å². The van der Waals surface area contributed by atoms with E-state index in [1.165, 1.54) is 0 Å².